The first kappa shape index (κ1) is 39.6. The van der Waals surface area contributed by atoms with Crippen LogP contribution in [0.1, 0.15) is 54.4 Å². The molecule has 290 valence electrons. The molecule has 4 atom stereocenters. The molecule has 2 heterocycles. The fourth-order valence-electron chi connectivity index (χ4n) is 6.85. The number of hydrogen-bond acceptors (Lipinski definition) is 7. The Morgan fingerprint density at radius 3 is 2.16 bits per heavy atom. The maximum atomic E-state index is 14.0. The van der Waals surface area contributed by atoms with Crippen LogP contribution in [0, 0.1) is 5.92 Å². The minimum absolute atomic E-state index is 0.0276. The van der Waals surface area contributed by atoms with Crippen LogP contribution in [0.25, 0.3) is 28.0 Å². The number of carbonyl (C=O) groups is 3. The Hall–Kier alpha value is -6.04. The molecule has 0 saturated carbocycles. The molecule has 0 aliphatic heterocycles. The highest BCUT2D eigenvalue weighted by Crippen LogP contribution is 2.28. The number of nitrogens with two attached hydrogens (primary N) is 1. The number of aliphatic hydroxyl groups is 1. The molecule has 0 unspecified atom stereocenters. The number of aliphatic hydroxyl groups excluding tert-OH is 1. The molecule has 6 rings (SSSR count). The van der Waals surface area contributed by atoms with E-state index in [1.807, 2.05) is 136 Å². The van der Waals surface area contributed by atoms with Gasteiger partial charge in [-0.1, -0.05) is 118 Å². The minimum atomic E-state index is -1.11. The van der Waals surface area contributed by atoms with Gasteiger partial charge < -0.3 is 31.2 Å². The van der Waals surface area contributed by atoms with E-state index in [0.29, 0.717) is 24.8 Å². The molecule has 0 spiro atoms. The van der Waals surface area contributed by atoms with Gasteiger partial charge in [0.2, 0.25) is 11.8 Å². The molecule has 56 heavy (non-hydrogen) atoms. The number of nitrogens with one attached hydrogen (secondary N) is 3. The van der Waals surface area contributed by atoms with Gasteiger partial charge in [0, 0.05) is 17.5 Å². The topological polar surface area (TPSA) is 165 Å². The van der Waals surface area contributed by atoms with Crippen molar-refractivity contribution in [2.45, 2.75) is 70.7 Å². The molecule has 11 nitrogen and oxygen atoms in total. The van der Waals surface area contributed by atoms with Crippen LogP contribution in [-0.2, 0) is 28.9 Å². The maximum Gasteiger partial charge on any atom is 0.255 e. The van der Waals surface area contributed by atoms with Crippen molar-refractivity contribution in [3.8, 4) is 17.0 Å². The largest absolute Gasteiger partial charge is 0.456 e. The van der Waals surface area contributed by atoms with Crippen molar-refractivity contribution in [3.05, 3.63) is 144 Å². The second-order valence-electron chi connectivity index (χ2n) is 14.5. The van der Waals surface area contributed by atoms with Crippen molar-refractivity contribution in [2.75, 3.05) is 6.54 Å². The normalized spacial score (nSPS) is 13.6. The summed E-state index contributed by atoms with van der Waals surface area (Å²) in [6, 6.07) is 34.2. The van der Waals surface area contributed by atoms with Gasteiger partial charge in [-0.25, -0.2) is 4.68 Å². The second-order valence-corrected chi connectivity index (χ2v) is 14.5. The fraction of sp³-hybridized carbons (Fsp3) is 0.289. The molecule has 3 amide bonds. The van der Waals surface area contributed by atoms with Gasteiger partial charge in [-0.2, -0.15) is 5.10 Å². The van der Waals surface area contributed by atoms with E-state index in [0.717, 1.165) is 51.2 Å². The molecular weight excluding hydrogens is 705 g/mol. The quantitative estimate of drug-likeness (QED) is 0.0744. The van der Waals surface area contributed by atoms with Crippen molar-refractivity contribution < 1.29 is 23.9 Å². The number of benzene rings is 4. The summed E-state index contributed by atoms with van der Waals surface area (Å²) in [6.07, 6.45) is 2.45. The predicted molar refractivity (Wildman–Crippen MR) is 218 cm³/mol. The van der Waals surface area contributed by atoms with Crippen molar-refractivity contribution in [2.24, 2.45) is 11.7 Å². The van der Waals surface area contributed by atoms with Crippen LogP contribution in [0.15, 0.2) is 126 Å². The maximum absolute atomic E-state index is 14.0. The number of nitrogens with zero attached hydrogens (tertiary/aromatic N) is 2. The predicted octanol–water partition coefficient (Wildman–Crippen LogP) is 5.77. The van der Waals surface area contributed by atoms with E-state index >= 15 is 0 Å². The lowest BCUT2D eigenvalue weighted by atomic mass is 9.97. The summed E-state index contributed by atoms with van der Waals surface area (Å²) >= 11 is 0. The summed E-state index contributed by atoms with van der Waals surface area (Å²) in [4.78, 5) is 40.4. The van der Waals surface area contributed by atoms with Gasteiger partial charge in [0.1, 0.15) is 17.4 Å². The van der Waals surface area contributed by atoms with E-state index in [1.54, 1.807) is 10.9 Å². The van der Waals surface area contributed by atoms with Gasteiger partial charge in [-0.3, -0.25) is 14.4 Å². The van der Waals surface area contributed by atoms with Gasteiger partial charge >= 0.3 is 0 Å². The van der Waals surface area contributed by atoms with Crippen LogP contribution in [-0.4, -0.2) is 63.4 Å². The number of amides is 3. The van der Waals surface area contributed by atoms with Gasteiger partial charge in [-0.15, -0.1) is 0 Å². The third-order valence-electron chi connectivity index (χ3n) is 9.95. The lowest BCUT2D eigenvalue weighted by molar-refractivity contribution is -0.125. The van der Waals surface area contributed by atoms with E-state index < -0.39 is 42.0 Å². The zero-order valence-corrected chi connectivity index (χ0v) is 32.0. The molecule has 0 aliphatic carbocycles. The number of furan rings is 1. The Balaban J connectivity index is 1.13. The lowest BCUT2D eigenvalue weighted by Gasteiger charge is -2.29. The zero-order valence-electron chi connectivity index (χ0n) is 32.0. The number of primary amides is 1. The highest BCUT2D eigenvalue weighted by Gasteiger charge is 2.31. The molecule has 4 aromatic carbocycles. The Morgan fingerprint density at radius 1 is 0.839 bits per heavy atom. The smallest absolute Gasteiger partial charge is 0.255 e. The van der Waals surface area contributed by atoms with Crippen LogP contribution < -0.4 is 21.7 Å². The van der Waals surface area contributed by atoms with E-state index in [2.05, 4.69) is 21.0 Å². The molecule has 0 fully saturated rings. The van der Waals surface area contributed by atoms with Crippen molar-refractivity contribution >= 4 is 28.7 Å². The summed E-state index contributed by atoms with van der Waals surface area (Å²) in [5, 5.41) is 26.2. The van der Waals surface area contributed by atoms with Crippen LogP contribution in [0.4, 0.5) is 0 Å². The first-order valence-corrected chi connectivity index (χ1v) is 19.2. The molecule has 0 aliphatic rings. The van der Waals surface area contributed by atoms with E-state index in [9.17, 15) is 19.5 Å². The first-order valence-electron chi connectivity index (χ1n) is 19.2. The van der Waals surface area contributed by atoms with E-state index in [-0.39, 0.29) is 12.5 Å². The van der Waals surface area contributed by atoms with Gasteiger partial charge in [-0.05, 0) is 60.6 Å². The van der Waals surface area contributed by atoms with Crippen molar-refractivity contribution in [3.63, 3.8) is 0 Å². The number of hydrogen-bond donors (Lipinski definition) is 5. The molecule has 11 heteroatoms. The number of carbonyl (C=O) groups excluding carboxylic acids is 3. The summed E-state index contributed by atoms with van der Waals surface area (Å²) in [7, 11) is 0. The highest BCUT2D eigenvalue weighted by atomic mass is 16.3. The Bertz CT molecular complexity index is 2180. The lowest BCUT2D eigenvalue weighted by Crippen LogP contribution is -2.57. The number of rotatable bonds is 18. The third-order valence-corrected chi connectivity index (χ3v) is 9.95. The van der Waals surface area contributed by atoms with Crippen LogP contribution in [0.3, 0.4) is 0 Å². The monoisotopic (exact) mass is 754 g/mol. The molecule has 0 bridgehead atoms. The third kappa shape index (κ3) is 9.79. The molecule has 0 saturated heterocycles. The van der Waals surface area contributed by atoms with Crippen molar-refractivity contribution in [1.29, 1.82) is 0 Å². The molecule has 6 aromatic rings. The average Bonchev–Trinajstić information content (AvgIpc) is 3.84. The van der Waals surface area contributed by atoms with Gasteiger partial charge in [0.05, 0.1) is 41.3 Å². The molecule has 0 radical (unpaired) electrons. The first-order chi connectivity index (χ1) is 27.1. The molecule has 6 N–H and O–H groups in total. The Morgan fingerprint density at radius 2 is 1.50 bits per heavy atom. The Labute approximate surface area is 327 Å². The second kappa shape index (κ2) is 18.5. The number of aromatic nitrogens is 2. The Kier molecular flexibility index (Phi) is 13.1. The van der Waals surface area contributed by atoms with E-state index in [4.69, 9.17) is 10.2 Å². The standard InChI is InChI=1S/C45H50N6O5/c1-4-13-38-35(27-48-51(38)34-17-9-6-10-18-34)44(54)50-42(29(2)3)45(55)49-36(24-30-14-7-5-8-15-30)39(52)28-47-37(43(46)53)25-31-20-22-32(23-21-31)41-26-33-16-11-12-19-40(33)56-41/h5-12,14-23,26-27,29,36-37,39,42,47,52H,4,13,24-25,28H2,1-3H3,(H2,46,53)(H,49,55)(H,50,54)/t36-,37-,39-,42-/m0/s1. The number of para-hydroxylation sites is 2. The molecule has 2 aromatic heterocycles. The van der Waals surface area contributed by atoms with Crippen molar-refractivity contribution in [1.82, 2.24) is 25.7 Å². The van der Waals surface area contributed by atoms with Gasteiger partial charge in [0.25, 0.3) is 5.91 Å². The summed E-state index contributed by atoms with van der Waals surface area (Å²) in [6.45, 7) is 5.72. The fourth-order valence-corrected chi connectivity index (χ4v) is 6.85. The van der Waals surface area contributed by atoms with Gasteiger partial charge in [0.15, 0.2) is 0 Å². The average molecular weight is 755 g/mol. The minimum Gasteiger partial charge on any atom is -0.456 e. The van der Waals surface area contributed by atoms with Crippen LogP contribution >= 0.6 is 0 Å². The zero-order chi connectivity index (χ0) is 39.6. The molecular formula is C45H50N6O5. The van der Waals surface area contributed by atoms with Crippen LogP contribution in [0.2, 0.25) is 0 Å². The van der Waals surface area contributed by atoms with Crippen LogP contribution in [0.5, 0.6) is 0 Å². The summed E-state index contributed by atoms with van der Waals surface area (Å²) in [5.41, 5.74) is 11.3. The SMILES string of the molecule is CCCc1c(C(=O)N[C@H](C(=O)N[C@@H](Cc2ccccc2)[C@@H](O)CN[C@@H](Cc2ccc(-c3cc4ccccc4o3)cc2)C(N)=O)C(C)C)cnn1-c1ccccc1. The summed E-state index contributed by atoms with van der Waals surface area (Å²) < 4.78 is 7.76. The highest BCUT2D eigenvalue weighted by molar-refractivity contribution is 5.98. The van der Waals surface area contributed by atoms with E-state index in [1.165, 1.54) is 0 Å². The number of fused-ring (bicyclic) bond motifs is 1. The summed E-state index contributed by atoms with van der Waals surface area (Å²) in [5.74, 6) is -0.930.